The number of aliphatic hydroxyl groups excluding tert-OH is 2. The molecule has 47 heavy (non-hydrogen) atoms. The van der Waals surface area contributed by atoms with Gasteiger partial charge in [-0.3, -0.25) is 14.4 Å². The van der Waals surface area contributed by atoms with Crippen LogP contribution in [-0.4, -0.2) is 59.1 Å². The third-order valence-corrected chi connectivity index (χ3v) is 9.93. The molecule has 0 bridgehead atoms. The fraction of sp³-hybridized carbons (Fsp3) is 0.342. The molecule has 4 aromatic rings. The van der Waals surface area contributed by atoms with E-state index in [-0.39, 0.29) is 49.4 Å². The van der Waals surface area contributed by atoms with Crippen molar-refractivity contribution in [2.75, 3.05) is 36.9 Å². The van der Waals surface area contributed by atoms with Gasteiger partial charge in [-0.25, -0.2) is 0 Å². The number of hydrogen-bond donors (Lipinski definition) is 4. The van der Waals surface area contributed by atoms with Crippen LogP contribution in [-0.2, 0) is 25.7 Å². The van der Waals surface area contributed by atoms with Crippen molar-refractivity contribution in [1.29, 1.82) is 0 Å². The number of fused-ring (bicyclic) bond motifs is 1. The van der Waals surface area contributed by atoms with Crippen LogP contribution in [0.1, 0.15) is 78.5 Å². The second-order valence-electron chi connectivity index (χ2n) is 12.9. The first kappa shape index (κ1) is 34.0. The predicted molar refractivity (Wildman–Crippen MR) is 188 cm³/mol. The number of carbonyl (C=O) groups is 3. The summed E-state index contributed by atoms with van der Waals surface area (Å²) in [5.74, 6) is -0.668. The number of aryl methyl sites for hydroxylation is 3. The van der Waals surface area contributed by atoms with Gasteiger partial charge in [0.25, 0.3) is 17.7 Å². The highest BCUT2D eigenvalue weighted by molar-refractivity contribution is 7.17. The maximum absolute atomic E-state index is 13.8. The van der Waals surface area contributed by atoms with E-state index in [1.807, 2.05) is 55.5 Å². The molecule has 3 amide bonds. The maximum atomic E-state index is 13.8. The quantitative estimate of drug-likeness (QED) is 0.143. The molecule has 3 aromatic carbocycles. The van der Waals surface area contributed by atoms with Gasteiger partial charge in [-0.05, 0) is 103 Å². The molecule has 0 saturated heterocycles. The highest BCUT2D eigenvalue weighted by Gasteiger charge is 2.33. The van der Waals surface area contributed by atoms with Gasteiger partial charge >= 0.3 is 0 Å². The molecule has 1 heterocycles. The minimum absolute atomic E-state index is 0.139. The van der Waals surface area contributed by atoms with Gasteiger partial charge < -0.3 is 25.7 Å². The second kappa shape index (κ2) is 15.1. The molecule has 9 heteroatoms. The summed E-state index contributed by atoms with van der Waals surface area (Å²) in [4.78, 5) is 42.2. The highest BCUT2D eigenvalue weighted by Crippen LogP contribution is 2.44. The number of carbonyl (C=O) groups excluding carboxylic acids is 3. The molecule has 0 spiro atoms. The number of anilines is 2. The highest BCUT2D eigenvalue weighted by atomic mass is 32.1. The summed E-state index contributed by atoms with van der Waals surface area (Å²) in [6.45, 7) is 6.55. The molecule has 0 atom stereocenters. The molecular formula is C38H43N3O5S. The monoisotopic (exact) mass is 653 g/mol. The smallest absolute Gasteiger partial charge is 0.258 e. The molecule has 246 valence electrons. The summed E-state index contributed by atoms with van der Waals surface area (Å²) in [6.07, 6.45) is 4.20. The molecule has 1 aromatic heterocycles. The lowest BCUT2D eigenvalue weighted by atomic mass is 9.77. The van der Waals surface area contributed by atoms with Crippen molar-refractivity contribution in [2.45, 2.75) is 52.9 Å². The zero-order valence-corrected chi connectivity index (χ0v) is 28.1. The van der Waals surface area contributed by atoms with Crippen LogP contribution in [0.15, 0.2) is 72.8 Å². The van der Waals surface area contributed by atoms with Gasteiger partial charge in [0.2, 0.25) is 0 Å². The Hall–Kier alpha value is -4.31. The van der Waals surface area contributed by atoms with E-state index >= 15 is 0 Å². The summed E-state index contributed by atoms with van der Waals surface area (Å²) in [6, 6.07) is 22.4. The molecule has 0 unspecified atom stereocenters. The zero-order valence-electron chi connectivity index (χ0n) is 27.3. The summed E-state index contributed by atoms with van der Waals surface area (Å²) in [7, 11) is 0. The van der Waals surface area contributed by atoms with Crippen LogP contribution in [0.5, 0.6) is 0 Å². The van der Waals surface area contributed by atoms with E-state index in [2.05, 4.69) is 24.5 Å². The molecule has 0 aliphatic heterocycles. The number of rotatable bonds is 12. The van der Waals surface area contributed by atoms with Crippen molar-refractivity contribution in [1.82, 2.24) is 4.90 Å². The minimum Gasteiger partial charge on any atom is -0.395 e. The lowest BCUT2D eigenvalue weighted by Crippen LogP contribution is -2.35. The molecule has 8 nitrogen and oxygen atoms in total. The molecule has 1 aliphatic rings. The normalized spacial score (nSPS) is 13.5. The van der Waals surface area contributed by atoms with Gasteiger partial charge in [-0.15, -0.1) is 11.3 Å². The minimum atomic E-state index is -0.232. The SMILES string of the molecule is Cc1cc(NC(=O)c2c(NC(=O)c3ccccc3)sc3c2CCC(C)(C)C3)ccc1CCc1ccc(C(=O)N(CCO)CCO)cc1. The van der Waals surface area contributed by atoms with Gasteiger partial charge in [0, 0.05) is 34.8 Å². The van der Waals surface area contributed by atoms with Crippen LogP contribution in [0, 0.1) is 12.3 Å². The fourth-order valence-electron chi connectivity index (χ4n) is 6.08. The number of hydrogen-bond acceptors (Lipinski definition) is 6. The first-order valence-electron chi connectivity index (χ1n) is 16.1. The molecule has 0 saturated carbocycles. The van der Waals surface area contributed by atoms with Crippen molar-refractivity contribution in [3.63, 3.8) is 0 Å². The summed E-state index contributed by atoms with van der Waals surface area (Å²) in [5, 5.41) is 25.2. The molecule has 4 N–H and O–H groups in total. The van der Waals surface area contributed by atoms with Gasteiger partial charge in [0.1, 0.15) is 5.00 Å². The van der Waals surface area contributed by atoms with Crippen molar-refractivity contribution in [2.24, 2.45) is 5.41 Å². The number of benzene rings is 3. The van der Waals surface area contributed by atoms with Gasteiger partial charge in [-0.1, -0.05) is 50.2 Å². The number of nitrogens with one attached hydrogen (secondary N) is 2. The van der Waals surface area contributed by atoms with Crippen LogP contribution < -0.4 is 10.6 Å². The van der Waals surface area contributed by atoms with Crippen molar-refractivity contribution in [3.8, 4) is 0 Å². The van der Waals surface area contributed by atoms with Crippen LogP contribution in [0.2, 0.25) is 0 Å². The van der Waals surface area contributed by atoms with Crippen molar-refractivity contribution >= 4 is 39.7 Å². The van der Waals surface area contributed by atoms with Crippen molar-refractivity contribution in [3.05, 3.63) is 117 Å². The number of amides is 3. The Morgan fingerprint density at radius 1 is 0.851 bits per heavy atom. The Labute approximate surface area is 280 Å². The Morgan fingerprint density at radius 2 is 1.55 bits per heavy atom. The lowest BCUT2D eigenvalue weighted by molar-refractivity contribution is 0.0684. The second-order valence-corrected chi connectivity index (χ2v) is 14.0. The predicted octanol–water partition coefficient (Wildman–Crippen LogP) is 6.29. The summed E-state index contributed by atoms with van der Waals surface area (Å²) < 4.78 is 0. The number of thiophene rings is 1. The molecular weight excluding hydrogens is 611 g/mol. The number of nitrogens with zero attached hydrogens (tertiary/aromatic N) is 1. The largest absolute Gasteiger partial charge is 0.395 e. The standard InChI is InChI=1S/C38H43N3O5S/c1-25-23-30(16-15-27(25)12-9-26-10-13-29(14-11-26)37(46)41(19-21-42)20-22-43)39-35(45)33-31-17-18-38(2,3)24-32(31)47-36(33)40-34(44)28-7-5-4-6-8-28/h4-8,10-11,13-16,23,42-43H,9,12,17-22,24H2,1-3H3,(H,39,45)(H,40,44). The van der Waals surface area contributed by atoms with E-state index in [0.29, 0.717) is 27.4 Å². The fourth-order valence-corrected chi connectivity index (χ4v) is 7.58. The average Bonchev–Trinajstić information content (AvgIpc) is 3.40. The van der Waals surface area contributed by atoms with Crippen LogP contribution in [0.25, 0.3) is 0 Å². The van der Waals surface area contributed by atoms with Crippen LogP contribution in [0.4, 0.5) is 10.7 Å². The van der Waals surface area contributed by atoms with E-state index in [9.17, 15) is 24.6 Å². The lowest BCUT2D eigenvalue weighted by Gasteiger charge is -2.29. The van der Waals surface area contributed by atoms with Gasteiger partial charge in [-0.2, -0.15) is 0 Å². The molecule has 0 radical (unpaired) electrons. The number of aliphatic hydroxyl groups is 2. The molecule has 5 rings (SSSR count). The molecule has 0 fully saturated rings. The van der Waals surface area contributed by atoms with E-state index in [1.165, 1.54) is 16.2 Å². The molecule has 1 aliphatic carbocycles. The van der Waals surface area contributed by atoms with E-state index < -0.39 is 0 Å². The van der Waals surface area contributed by atoms with Crippen molar-refractivity contribution < 1.29 is 24.6 Å². The third kappa shape index (κ3) is 8.35. The van der Waals surface area contributed by atoms with Gasteiger partial charge in [0.15, 0.2) is 0 Å². The van der Waals surface area contributed by atoms with E-state index in [0.717, 1.165) is 59.2 Å². The van der Waals surface area contributed by atoms with Gasteiger partial charge in [0.05, 0.1) is 18.8 Å². The zero-order chi connectivity index (χ0) is 33.6. The maximum Gasteiger partial charge on any atom is 0.258 e. The Morgan fingerprint density at radius 3 is 2.21 bits per heavy atom. The third-order valence-electron chi connectivity index (χ3n) is 8.78. The van der Waals surface area contributed by atoms with Crippen LogP contribution >= 0.6 is 11.3 Å². The van der Waals surface area contributed by atoms with E-state index in [4.69, 9.17) is 0 Å². The Balaban J connectivity index is 1.27. The Bertz CT molecular complexity index is 1720. The topological polar surface area (TPSA) is 119 Å². The summed E-state index contributed by atoms with van der Waals surface area (Å²) in [5.41, 5.74) is 6.80. The first-order valence-corrected chi connectivity index (χ1v) is 16.9. The Kier molecular flexibility index (Phi) is 10.9. The average molecular weight is 654 g/mol. The van der Waals surface area contributed by atoms with E-state index in [1.54, 1.807) is 24.3 Å². The summed E-state index contributed by atoms with van der Waals surface area (Å²) >= 11 is 1.51. The van der Waals surface area contributed by atoms with Crippen LogP contribution in [0.3, 0.4) is 0 Å². The first-order chi connectivity index (χ1) is 22.6.